The molecule has 0 spiro atoms. The predicted molar refractivity (Wildman–Crippen MR) is 302 cm³/mol. The third-order valence-electron chi connectivity index (χ3n) is 12.9. The van der Waals surface area contributed by atoms with E-state index in [4.69, 9.17) is 14.2 Å². The highest BCUT2D eigenvalue weighted by molar-refractivity contribution is 5.71. The van der Waals surface area contributed by atoms with E-state index in [1.165, 1.54) is 161 Å². The van der Waals surface area contributed by atoms with E-state index in [-0.39, 0.29) is 31.1 Å². The maximum Gasteiger partial charge on any atom is 0.306 e. The summed E-state index contributed by atoms with van der Waals surface area (Å²) in [6, 6.07) is 0. The summed E-state index contributed by atoms with van der Waals surface area (Å²) in [4.78, 5) is 38.2. The van der Waals surface area contributed by atoms with Gasteiger partial charge in [0.1, 0.15) is 13.2 Å². The Morgan fingerprint density at radius 3 is 0.900 bits per heavy atom. The maximum absolute atomic E-state index is 12.9. The number of allylic oxidation sites excluding steroid dienone is 12. The minimum atomic E-state index is -0.790. The van der Waals surface area contributed by atoms with Gasteiger partial charge in [-0.2, -0.15) is 0 Å². The van der Waals surface area contributed by atoms with Crippen molar-refractivity contribution in [1.29, 1.82) is 0 Å². The van der Waals surface area contributed by atoms with Gasteiger partial charge in [-0.15, -0.1) is 0 Å². The van der Waals surface area contributed by atoms with Crippen LogP contribution in [0.4, 0.5) is 0 Å². The molecule has 0 bridgehead atoms. The van der Waals surface area contributed by atoms with E-state index in [2.05, 4.69) is 93.7 Å². The van der Waals surface area contributed by atoms with Crippen molar-refractivity contribution in [2.75, 3.05) is 13.2 Å². The zero-order chi connectivity index (χ0) is 50.7. The number of rotatable bonds is 54. The fraction of sp³-hybridized carbons (Fsp3) is 0.766. The highest BCUT2D eigenvalue weighted by Gasteiger charge is 2.19. The molecule has 0 radical (unpaired) electrons. The van der Waals surface area contributed by atoms with Gasteiger partial charge in [-0.3, -0.25) is 14.4 Å². The molecule has 0 heterocycles. The summed E-state index contributed by atoms with van der Waals surface area (Å²) in [5.74, 6) is -0.910. The Morgan fingerprint density at radius 2 is 0.557 bits per heavy atom. The lowest BCUT2D eigenvalue weighted by Crippen LogP contribution is -2.30. The Morgan fingerprint density at radius 1 is 0.300 bits per heavy atom. The summed E-state index contributed by atoms with van der Waals surface area (Å²) in [5, 5.41) is 0. The van der Waals surface area contributed by atoms with Crippen molar-refractivity contribution in [2.24, 2.45) is 0 Å². The van der Waals surface area contributed by atoms with Gasteiger partial charge in [-0.05, 0) is 89.9 Å². The first-order valence-corrected chi connectivity index (χ1v) is 29.9. The number of carbonyl (C=O) groups excluding carboxylic acids is 3. The molecule has 404 valence electrons. The molecule has 70 heavy (non-hydrogen) atoms. The predicted octanol–water partition coefficient (Wildman–Crippen LogP) is 20.2. The minimum absolute atomic E-state index is 0.0851. The van der Waals surface area contributed by atoms with Crippen LogP contribution in [0.15, 0.2) is 72.9 Å². The van der Waals surface area contributed by atoms with Crippen molar-refractivity contribution in [3.05, 3.63) is 72.9 Å². The Bertz CT molecular complexity index is 1310. The lowest BCUT2D eigenvalue weighted by molar-refractivity contribution is -0.167. The Hall–Kier alpha value is -3.15. The van der Waals surface area contributed by atoms with Gasteiger partial charge in [0.25, 0.3) is 0 Å². The molecule has 0 saturated carbocycles. The molecule has 0 amide bonds. The average molecular weight is 978 g/mol. The van der Waals surface area contributed by atoms with Crippen molar-refractivity contribution in [1.82, 2.24) is 0 Å². The zero-order valence-electron chi connectivity index (χ0n) is 46.3. The number of unbranched alkanes of at least 4 members (excludes halogenated alkanes) is 31. The highest BCUT2D eigenvalue weighted by atomic mass is 16.6. The van der Waals surface area contributed by atoms with Gasteiger partial charge >= 0.3 is 17.9 Å². The number of esters is 3. The fourth-order valence-corrected chi connectivity index (χ4v) is 8.47. The molecular weight excluding hydrogens is 865 g/mol. The van der Waals surface area contributed by atoms with Gasteiger partial charge < -0.3 is 14.2 Å². The summed E-state index contributed by atoms with van der Waals surface area (Å²) in [6.07, 6.45) is 74.6. The van der Waals surface area contributed by atoms with Crippen molar-refractivity contribution >= 4 is 17.9 Å². The van der Waals surface area contributed by atoms with Gasteiger partial charge in [0.2, 0.25) is 0 Å². The molecule has 0 aliphatic carbocycles. The van der Waals surface area contributed by atoms with Crippen molar-refractivity contribution < 1.29 is 28.6 Å². The molecule has 0 aromatic carbocycles. The lowest BCUT2D eigenvalue weighted by Gasteiger charge is -2.18. The molecule has 0 N–H and O–H groups in total. The Kier molecular flexibility index (Phi) is 55.8. The van der Waals surface area contributed by atoms with Crippen LogP contribution in [0.5, 0.6) is 0 Å². The quantitative estimate of drug-likeness (QED) is 0.0261. The van der Waals surface area contributed by atoms with Crippen molar-refractivity contribution in [3.8, 4) is 0 Å². The topological polar surface area (TPSA) is 78.9 Å². The third-order valence-corrected chi connectivity index (χ3v) is 12.9. The van der Waals surface area contributed by atoms with Crippen LogP contribution in [-0.4, -0.2) is 37.2 Å². The maximum atomic E-state index is 12.9. The first-order chi connectivity index (χ1) is 34.5. The zero-order valence-corrected chi connectivity index (χ0v) is 46.3. The van der Waals surface area contributed by atoms with E-state index < -0.39 is 6.10 Å². The van der Waals surface area contributed by atoms with Gasteiger partial charge in [0.05, 0.1) is 0 Å². The summed E-state index contributed by atoms with van der Waals surface area (Å²) >= 11 is 0. The van der Waals surface area contributed by atoms with E-state index in [0.717, 1.165) is 96.3 Å². The van der Waals surface area contributed by atoms with E-state index in [0.29, 0.717) is 19.3 Å². The van der Waals surface area contributed by atoms with Gasteiger partial charge in [-0.1, -0.05) is 261 Å². The van der Waals surface area contributed by atoms with Crippen molar-refractivity contribution in [2.45, 2.75) is 303 Å². The summed E-state index contributed by atoms with van der Waals surface area (Å²) in [5.41, 5.74) is 0. The van der Waals surface area contributed by atoms with Crippen molar-refractivity contribution in [3.63, 3.8) is 0 Å². The standard InChI is InChI=1S/C64H112O6/c1-4-7-10-13-16-19-22-25-28-31-32-34-36-39-42-45-48-51-54-57-63(66)69-60-61(59-68-62(65)56-53-50-47-44-41-38-35-30-27-24-21-18-15-12-9-6-3)70-64(67)58-55-52-49-46-43-40-37-33-29-26-23-20-17-14-11-8-5-2/h7,10,16,19,25-26,28-29,32,34,39,42,61H,4-6,8-9,11-15,17-18,20-24,27,30-31,33,35-38,40-41,43-60H2,1-3H3/b10-7-,19-16-,28-25-,29-26-,34-32-,42-39-/t61-/m1/s1. The van der Waals surface area contributed by atoms with Gasteiger partial charge in [-0.25, -0.2) is 0 Å². The molecule has 0 aromatic heterocycles. The Balaban J connectivity index is 4.43. The summed E-state index contributed by atoms with van der Waals surface area (Å²) in [7, 11) is 0. The second-order valence-electron chi connectivity index (χ2n) is 19.9. The second-order valence-corrected chi connectivity index (χ2v) is 19.9. The molecule has 6 heteroatoms. The molecule has 1 atom stereocenters. The minimum Gasteiger partial charge on any atom is -0.462 e. The third kappa shape index (κ3) is 55.8. The van der Waals surface area contributed by atoms with E-state index in [9.17, 15) is 14.4 Å². The molecule has 0 fully saturated rings. The molecule has 6 nitrogen and oxygen atoms in total. The monoisotopic (exact) mass is 977 g/mol. The summed E-state index contributed by atoms with van der Waals surface area (Å²) < 4.78 is 16.9. The van der Waals surface area contributed by atoms with Gasteiger partial charge in [0.15, 0.2) is 6.10 Å². The van der Waals surface area contributed by atoms with Gasteiger partial charge in [0, 0.05) is 19.3 Å². The van der Waals surface area contributed by atoms with Crippen LogP contribution in [-0.2, 0) is 28.6 Å². The van der Waals surface area contributed by atoms with E-state index in [1.807, 2.05) is 0 Å². The normalized spacial score (nSPS) is 12.6. The first kappa shape index (κ1) is 66.9. The smallest absolute Gasteiger partial charge is 0.306 e. The number of hydrogen-bond acceptors (Lipinski definition) is 6. The largest absolute Gasteiger partial charge is 0.462 e. The number of carbonyl (C=O) groups is 3. The van der Waals surface area contributed by atoms with Crippen LogP contribution in [0.1, 0.15) is 297 Å². The molecule has 0 unspecified atom stereocenters. The van der Waals surface area contributed by atoms with E-state index >= 15 is 0 Å². The van der Waals surface area contributed by atoms with Crippen LogP contribution < -0.4 is 0 Å². The SMILES string of the molecule is CC/C=C\C/C=C\C/C=C\C/C=C\C/C=C\CCCCCC(=O)OC[C@@H](COC(=O)CCCCCCCCCCCCCCCCCC)OC(=O)CCCCCCCCC/C=C\CCCCCCCC. The van der Waals surface area contributed by atoms with Crippen LogP contribution >= 0.6 is 0 Å². The van der Waals surface area contributed by atoms with Crippen LogP contribution in [0, 0.1) is 0 Å². The fourth-order valence-electron chi connectivity index (χ4n) is 8.47. The second kappa shape index (κ2) is 58.4. The highest BCUT2D eigenvalue weighted by Crippen LogP contribution is 2.16. The molecular formula is C64H112O6. The Labute approximate surface area is 433 Å². The van der Waals surface area contributed by atoms with Crippen LogP contribution in [0.25, 0.3) is 0 Å². The molecule has 0 aliphatic heterocycles. The van der Waals surface area contributed by atoms with Crippen LogP contribution in [0.2, 0.25) is 0 Å². The first-order valence-electron chi connectivity index (χ1n) is 29.9. The van der Waals surface area contributed by atoms with E-state index in [1.54, 1.807) is 0 Å². The summed E-state index contributed by atoms with van der Waals surface area (Å²) in [6.45, 7) is 6.52. The molecule has 0 aliphatic rings. The number of ether oxygens (including phenoxy) is 3. The molecule has 0 rings (SSSR count). The number of hydrogen-bond donors (Lipinski definition) is 0. The average Bonchev–Trinajstić information content (AvgIpc) is 3.36. The molecule has 0 aromatic rings. The molecule has 0 saturated heterocycles. The lowest BCUT2D eigenvalue weighted by atomic mass is 10.0. The van der Waals surface area contributed by atoms with Crippen LogP contribution in [0.3, 0.4) is 0 Å².